The summed E-state index contributed by atoms with van der Waals surface area (Å²) in [5.41, 5.74) is 15.3. The fourth-order valence-electron chi connectivity index (χ4n) is 8.70. The Morgan fingerprint density at radius 2 is 0.930 bits per heavy atom. The normalized spacial score (nSPS) is 11.5. The molecule has 11 aromatic rings. The molecule has 0 saturated carbocycles. The molecule has 0 atom stereocenters. The molecule has 9 aromatic carbocycles. The number of aromatic nitrogens is 1. The van der Waals surface area contributed by atoms with E-state index in [1.165, 1.54) is 21.9 Å². The summed E-state index contributed by atoms with van der Waals surface area (Å²) >= 11 is 0. The molecule has 3 nitrogen and oxygen atoms in total. The average molecular weight is 729 g/mol. The third-order valence-corrected chi connectivity index (χ3v) is 11.2. The smallest absolute Gasteiger partial charge is 0.143 e. The molecule has 0 aliphatic rings. The molecule has 268 valence electrons. The van der Waals surface area contributed by atoms with Crippen LogP contribution < -0.4 is 4.90 Å². The minimum Gasteiger partial charge on any atom is -0.455 e. The van der Waals surface area contributed by atoms with Crippen molar-refractivity contribution < 1.29 is 4.42 Å². The van der Waals surface area contributed by atoms with E-state index in [1.54, 1.807) is 0 Å². The standard InChI is InChI=1S/C54H36N2O/c1-4-17-37(18-5-1)38-33-35-41(36-34-38)55(40-21-8-3-9-22-40)49-30-16-31-50-53(49)45-24-10-12-28-47(45)56(50)48-29-15-25-42(39-19-6-2-7-20-39)52(48)46-27-14-26-44-43-23-11-13-32-51(43)57-54(44)46/h1-36H. The lowest BCUT2D eigenvalue weighted by molar-refractivity contribution is 0.670. The Kier molecular flexibility index (Phi) is 7.82. The Hall–Kier alpha value is -7.62. The van der Waals surface area contributed by atoms with Gasteiger partial charge in [0.05, 0.1) is 22.4 Å². The van der Waals surface area contributed by atoms with Crippen LogP contribution in [0.4, 0.5) is 17.1 Å². The molecule has 2 aromatic heterocycles. The maximum Gasteiger partial charge on any atom is 0.143 e. The van der Waals surface area contributed by atoms with Gasteiger partial charge in [0.25, 0.3) is 0 Å². The van der Waals surface area contributed by atoms with Crippen molar-refractivity contribution in [2.24, 2.45) is 0 Å². The van der Waals surface area contributed by atoms with Crippen LogP contribution in [-0.4, -0.2) is 4.57 Å². The van der Waals surface area contributed by atoms with Crippen LogP contribution in [0.25, 0.3) is 82.8 Å². The van der Waals surface area contributed by atoms with Crippen molar-refractivity contribution >= 4 is 60.8 Å². The second-order valence-corrected chi connectivity index (χ2v) is 14.5. The van der Waals surface area contributed by atoms with Crippen molar-refractivity contribution in [2.75, 3.05) is 4.90 Å². The Morgan fingerprint density at radius 3 is 1.72 bits per heavy atom. The van der Waals surface area contributed by atoms with Crippen molar-refractivity contribution in [1.29, 1.82) is 0 Å². The van der Waals surface area contributed by atoms with Gasteiger partial charge in [-0.1, -0.05) is 164 Å². The molecule has 0 radical (unpaired) electrons. The first kappa shape index (κ1) is 32.8. The molecule has 11 rings (SSSR count). The predicted molar refractivity (Wildman–Crippen MR) is 239 cm³/mol. The van der Waals surface area contributed by atoms with Crippen LogP contribution in [0.5, 0.6) is 0 Å². The first-order valence-electron chi connectivity index (χ1n) is 19.4. The Labute approximate surface area is 330 Å². The van der Waals surface area contributed by atoms with Gasteiger partial charge in [-0.15, -0.1) is 0 Å². The zero-order valence-electron chi connectivity index (χ0n) is 31.1. The van der Waals surface area contributed by atoms with Gasteiger partial charge >= 0.3 is 0 Å². The third kappa shape index (κ3) is 5.43. The first-order valence-corrected chi connectivity index (χ1v) is 19.4. The van der Waals surface area contributed by atoms with E-state index in [9.17, 15) is 0 Å². The summed E-state index contributed by atoms with van der Waals surface area (Å²) in [6.45, 7) is 0. The van der Waals surface area contributed by atoms with Crippen molar-refractivity contribution in [1.82, 2.24) is 4.57 Å². The van der Waals surface area contributed by atoms with E-state index in [-0.39, 0.29) is 0 Å². The molecule has 0 saturated heterocycles. The summed E-state index contributed by atoms with van der Waals surface area (Å²) in [6, 6.07) is 78.0. The Balaban J connectivity index is 1.20. The van der Waals surface area contributed by atoms with E-state index in [1.807, 2.05) is 6.07 Å². The number of rotatable bonds is 7. The zero-order chi connectivity index (χ0) is 37.7. The van der Waals surface area contributed by atoms with Crippen LogP contribution >= 0.6 is 0 Å². The van der Waals surface area contributed by atoms with Crippen molar-refractivity contribution in [2.45, 2.75) is 0 Å². The van der Waals surface area contributed by atoms with E-state index in [4.69, 9.17) is 4.42 Å². The summed E-state index contributed by atoms with van der Waals surface area (Å²) in [5, 5.41) is 4.59. The SMILES string of the molecule is c1ccc(-c2ccc(N(c3ccccc3)c3cccc4c3c3ccccc3n4-c3cccc(-c4ccccc4)c3-c3cccc4c3oc3ccccc34)cc2)cc1. The Bertz CT molecular complexity index is 3220. The van der Waals surface area contributed by atoms with Crippen LogP contribution in [0, 0.1) is 0 Å². The predicted octanol–water partition coefficient (Wildman–Crippen LogP) is 15.2. The summed E-state index contributed by atoms with van der Waals surface area (Å²) in [6.07, 6.45) is 0. The van der Waals surface area contributed by atoms with Gasteiger partial charge in [-0.25, -0.2) is 0 Å². The van der Waals surface area contributed by atoms with Crippen LogP contribution in [0.2, 0.25) is 0 Å². The number of hydrogen-bond acceptors (Lipinski definition) is 2. The molecule has 0 aliphatic carbocycles. The lowest BCUT2D eigenvalue weighted by Gasteiger charge is -2.27. The van der Waals surface area contributed by atoms with Gasteiger partial charge in [0.15, 0.2) is 0 Å². The minimum absolute atomic E-state index is 0.887. The number of nitrogens with zero attached hydrogens (tertiary/aromatic N) is 2. The monoisotopic (exact) mass is 728 g/mol. The van der Waals surface area contributed by atoms with Crippen molar-refractivity contribution in [3.05, 3.63) is 218 Å². The summed E-state index contributed by atoms with van der Waals surface area (Å²) in [7, 11) is 0. The van der Waals surface area contributed by atoms with E-state index in [0.717, 1.165) is 78.0 Å². The van der Waals surface area contributed by atoms with Gasteiger partial charge < -0.3 is 13.9 Å². The number of para-hydroxylation sites is 4. The number of furan rings is 1. The van der Waals surface area contributed by atoms with Crippen LogP contribution in [0.1, 0.15) is 0 Å². The fraction of sp³-hybridized carbons (Fsp3) is 0. The van der Waals surface area contributed by atoms with Gasteiger partial charge in [-0.3, -0.25) is 0 Å². The number of fused-ring (bicyclic) bond motifs is 6. The lowest BCUT2D eigenvalue weighted by Crippen LogP contribution is -2.10. The molecule has 0 unspecified atom stereocenters. The zero-order valence-corrected chi connectivity index (χ0v) is 31.1. The van der Waals surface area contributed by atoms with Crippen molar-refractivity contribution in [3.63, 3.8) is 0 Å². The van der Waals surface area contributed by atoms with Gasteiger partial charge in [0, 0.05) is 44.0 Å². The van der Waals surface area contributed by atoms with E-state index in [2.05, 4.69) is 222 Å². The lowest BCUT2D eigenvalue weighted by atomic mass is 9.91. The van der Waals surface area contributed by atoms with Gasteiger partial charge in [-0.05, 0) is 76.9 Å². The molecular weight excluding hydrogens is 693 g/mol. The van der Waals surface area contributed by atoms with Gasteiger partial charge in [-0.2, -0.15) is 0 Å². The highest BCUT2D eigenvalue weighted by molar-refractivity contribution is 6.18. The molecule has 3 heteroatoms. The second kappa shape index (κ2) is 13.6. The van der Waals surface area contributed by atoms with Crippen LogP contribution in [-0.2, 0) is 0 Å². The number of hydrogen-bond donors (Lipinski definition) is 0. The highest BCUT2D eigenvalue weighted by Crippen LogP contribution is 2.48. The highest BCUT2D eigenvalue weighted by Gasteiger charge is 2.25. The topological polar surface area (TPSA) is 21.3 Å². The summed E-state index contributed by atoms with van der Waals surface area (Å²) in [5.74, 6) is 0. The number of benzene rings is 9. The van der Waals surface area contributed by atoms with Gasteiger partial charge in [0.2, 0.25) is 0 Å². The fourth-order valence-corrected chi connectivity index (χ4v) is 8.70. The molecule has 0 aliphatic heterocycles. The minimum atomic E-state index is 0.887. The molecule has 0 spiro atoms. The maximum absolute atomic E-state index is 6.75. The molecule has 0 bridgehead atoms. The second-order valence-electron chi connectivity index (χ2n) is 14.5. The summed E-state index contributed by atoms with van der Waals surface area (Å²) < 4.78 is 9.20. The first-order chi connectivity index (χ1) is 28.3. The van der Waals surface area contributed by atoms with Crippen LogP contribution in [0.3, 0.4) is 0 Å². The Morgan fingerprint density at radius 1 is 0.368 bits per heavy atom. The van der Waals surface area contributed by atoms with Crippen molar-refractivity contribution in [3.8, 4) is 39.1 Å². The average Bonchev–Trinajstić information content (AvgIpc) is 3.84. The summed E-state index contributed by atoms with van der Waals surface area (Å²) in [4.78, 5) is 2.39. The largest absolute Gasteiger partial charge is 0.455 e. The van der Waals surface area contributed by atoms with Gasteiger partial charge in [0.1, 0.15) is 11.2 Å². The quantitative estimate of drug-likeness (QED) is 0.163. The van der Waals surface area contributed by atoms with E-state index in [0.29, 0.717) is 0 Å². The molecule has 2 heterocycles. The third-order valence-electron chi connectivity index (χ3n) is 11.2. The molecule has 57 heavy (non-hydrogen) atoms. The van der Waals surface area contributed by atoms with E-state index >= 15 is 0 Å². The molecule has 0 N–H and O–H groups in total. The molecule has 0 fully saturated rings. The van der Waals surface area contributed by atoms with E-state index < -0.39 is 0 Å². The molecular formula is C54H36N2O. The van der Waals surface area contributed by atoms with Crippen LogP contribution in [0.15, 0.2) is 223 Å². The molecule has 0 amide bonds. The number of anilines is 3. The highest BCUT2D eigenvalue weighted by atomic mass is 16.3. The maximum atomic E-state index is 6.75.